The van der Waals surface area contributed by atoms with Gasteiger partial charge in [0, 0.05) is 35.8 Å². The highest BCUT2D eigenvalue weighted by Gasteiger charge is 2.14. The molecule has 0 unspecified atom stereocenters. The molecule has 0 heterocycles. The Balaban J connectivity index is 1.56. The number of nitrogens with one attached hydrogen (secondary N) is 2. The zero-order valence-corrected chi connectivity index (χ0v) is 20.0. The van der Waals surface area contributed by atoms with Gasteiger partial charge in [-0.2, -0.15) is 5.26 Å². The van der Waals surface area contributed by atoms with Gasteiger partial charge in [-0.25, -0.2) is 13.1 Å². The summed E-state index contributed by atoms with van der Waals surface area (Å²) in [4.78, 5) is 24.0. The van der Waals surface area contributed by atoms with Crippen molar-refractivity contribution in [2.45, 2.75) is 31.2 Å². The van der Waals surface area contributed by atoms with Gasteiger partial charge in [0.2, 0.25) is 10.0 Å². The number of nitrogens with zero attached hydrogens (tertiary/aromatic N) is 1. The van der Waals surface area contributed by atoms with E-state index in [1.807, 2.05) is 0 Å². The summed E-state index contributed by atoms with van der Waals surface area (Å²) in [5.41, 5.74) is 2.10. The number of benzene rings is 3. The van der Waals surface area contributed by atoms with Gasteiger partial charge in [0.1, 0.15) is 5.75 Å². The van der Waals surface area contributed by atoms with Crippen molar-refractivity contribution in [1.29, 1.82) is 5.26 Å². The molecule has 1 amide bonds. The molecule has 0 aliphatic heterocycles. The van der Waals surface area contributed by atoms with Gasteiger partial charge in [-0.15, -0.1) is 0 Å². The first-order chi connectivity index (χ1) is 16.8. The molecule has 0 aliphatic rings. The normalized spacial score (nSPS) is 10.9. The Morgan fingerprint density at radius 3 is 2.31 bits per heavy atom. The molecule has 0 spiro atoms. The Hall–Kier alpha value is -4.00. The minimum absolute atomic E-state index is 0.0455. The molecule has 3 aromatic carbocycles. The van der Waals surface area contributed by atoms with Crippen LogP contribution in [0.15, 0.2) is 77.7 Å². The molecule has 2 N–H and O–H groups in total. The Bertz CT molecular complexity index is 1330. The third-order valence-corrected chi connectivity index (χ3v) is 6.46. The number of anilines is 1. The maximum atomic E-state index is 12.6. The lowest BCUT2D eigenvalue weighted by Crippen LogP contribution is -2.23. The number of hydrogen-bond acceptors (Lipinski definition) is 6. The number of carbonyl (C=O) groups is 2. The lowest BCUT2D eigenvalue weighted by Gasteiger charge is -2.10. The highest BCUT2D eigenvalue weighted by atomic mass is 32.2. The van der Waals surface area contributed by atoms with Crippen LogP contribution in [0.5, 0.6) is 5.75 Å². The summed E-state index contributed by atoms with van der Waals surface area (Å²) in [6.45, 7) is 1.88. The second kappa shape index (κ2) is 11.9. The molecule has 0 fully saturated rings. The molecule has 0 saturated heterocycles. The molecule has 3 rings (SSSR count). The maximum Gasteiger partial charge on any atom is 0.255 e. The topological polar surface area (TPSA) is 125 Å². The molecule has 0 aliphatic carbocycles. The van der Waals surface area contributed by atoms with Crippen LogP contribution < -0.4 is 14.8 Å². The van der Waals surface area contributed by atoms with Crippen LogP contribution in [0.3, 0.4) is 0 Å². The highest BCUT2D eigenvalue weighted by Crippen LogP contribution is 2.19. The van der Waals surface area contributed by atoms with Gasteiger partial charge >= 0.3 is 0 Å². The molecule has 35 heavy (non-hydrogen) atoms. The first-order valence-electron chi connectivity index (χ1n) is 10.9. The molecule has 9 heteroatoms. The molecule has 180 valence electrons. The van der Waals surface area contributed by atoms with E-state index in [4.69, 9.17) is 10.00 Å². The third kappa shape index (κ3) is 7.50. The molecular weight excluding hydrogens is 466 g/mol. The monoisotopic (exact) mass is 491 g/mol. The van der Waals surface area contributed by atoms with Crippen molar-refractivity contribution in [3.8, 4) is 11.8 Å². The van der Waals surface area contributed by atoms with Crippen LogP contribution in [0.4, 0.5) is 5.69 Å². The quantitative estimate of drug-likeness (QED) is 0.304. The molecule has 0 radical (unpaired) electrons. The summed E-state index contributed by atoms with van der Waals surface area (Å²) < 4.78 is 33.1. The predicted octanol–water partition coefficient (Wildman–Crippen LogP) is 4.30. The summed E-state index contributed by atoms with van der Waals surface area (Å²) in [6, 6.07) is 21.3. The van der Waals surface area contributed by atoms with Crippen molar-refractivity contribution in [2.24, 2.45) is 0 Å². The second-order valence-corrected chi connectivity index (χ2v) is 9.46. The largest absolute Gasteiger partial charge is 0.493 e. The van der Waals surface area contributed by atoms with Crippen LogP contribution in [-0.4, -0.2) is 26.7 Å². The van der Waals surface area contributed by atoms with Crippen molar-refractivity contribution in [3.63, 3.8) is 0 Å². The van der Waals surface area contributed by atoms with Gasteiger partial charge in [-0.05, 0) is 55.3 Å². The number of nitriles is 1. The number of unbranched alkanes of at least 4 members (excludes halogenated alkanes) is 1. The van der Waals surface area contributed by atoms with E-state index < -0.39 is 10.0 Å². The first kappa shape index (κ1) is 25.6. The summed E-state index contributed by atoms with van der Waals surface area (Å²) in [7, 11) is -3.75. The Kier molecular flexibility index (Phi) is 8.73. The Labute approximate surface area is 204 Å². The average Bonchev–Trinajstić information content (AvgIpc) is 2.86. The van der Waals surface area contributed by atoms with Crippen molar-refractivity contribution in [1.82, 2.24) is 4.72 Å². The number of carbonyl (C=O) groups excluding carboxylic acids is 2. The molecular formula is C26H25N3O5S. The van der Waals surface area contributed by atoms with Crippen LogP contribution >= 0.6 is 0 Å². The van der Waals surface area contributed by atoms with Crippen molar-refractivity contribution in [3.05, 3.63) is 89.5 Å². The minimum Gasteiger partial charge on any atom is -0.493 e. The number of amides is 1. The molecule has 0 atom stereocenters. The van der Waals surface area contributed by atoms with Crippen molar-refractivity contribution in [2.75, 3.05) is 11.9 Å². The number of hydrogen-bond donors (Lipinski definition) is 2. The number of ketones is 1. The van der Waals surface area contributed by atoms with Crippen molar-refractivity contribution >= 4 is 27.4 Å². The summed E-state index contributed by atoms with van der Waals surface area (Å²) in [5.74, 6) is 0.141. The van der Waals surface area contributed by atoms with Gasteiger partial charge in [0.15, 0.2) is 5.78 Å². The zero-order chi connectivity index (χ0) is 25.3. The Morgan fingerprint density at radius 1 is 0.971 bits per heavy atom. The second-order valence-electron chi connectivity index (χ2n) is 7.69. The van der Waals surface area contributed by atoms with E-state index in [2.05, 4.69) is 16.1 Å². The zero-order valence-electron chi connectivity index (χ0n) is 19.2. The molecule has 0 saturated carbocycles. The summed E-state index contributed by atoms with van der Waals surface area (Å²) >= 11 is 0. The average molecular weight is 492 g/mol. The van der Waals surface area contributed by atoms with Crippen LogP contribution in [0.25, 0.3) is 0 Å². The van der Waals surface area contributed by atoms with E-state index in [0.29, 0.717) is 47.6 Å². The fraction of sp³-hybridized carbons (Fsp3) is 0.192. The van der Waals surface area contributed by atoms with Gasteiger partial charge < -0.3 is 10.1 Å². The molecule has 8 nitrogen and oxygen atoms in total. The molecule has 3 aromatic rings. The third-order valence-electron chi connectivity index (χ3n) is 5.05. The lowest BCUT2D eigenvalue weighted by atomic mass is 10.1. The van der Waals surface area contributed by atoms with E-state index in [1.165, 1.54) is 31.2 Å². The van der Waals surface area contributed by atoms with Gasteiger partial charge in [0.05, 0.1) is 17.6 Å². The lowest BCUT2D eigenvalue weighted by molar-refractivity contribution is 0.101. The summed E-state index contributed by atoms with van der Waals surface area (Å²) in [5, 5.41) is 11.4. The van der Waals surface area contributed by atoms with E-state index in [0.717, 1.165) is 0 Å². The minimum atomic E-state index is -3.75. The first-order valence-corrected chi connectivity index (χ1v) is 12.4. The number of Topliss-reactive ketones (excluding diaryl/α,β-unsaturated/α-hetero) is 1. The van der Waals surface area contributed by atoms with Crippen molar-refractivity contribution < 1.29 is 22.7 Å². The fourth-order valence-corrected chi connectivity index (χ4v) is 4.13. The molecule has 0 bridgehead atoms. The highest BCUT2D eigenvalue weighted by molar-refractivity contribution is 7.89. The Morgan fingerprint density at radius 2 is 1.66 bits per heavy atom. The SMILES string of the molecule is CC(=O)c1ccc(S(=O)(=O)NCc2ccc(C(=O)Nc3cccc(OCCCC#N)c3)cc2)cc1. The van der Waals surface area contributed by atoms with Gasteiger partial charge in [-0.3, -0.25) is 9.59 Å². The molecule has 0 aromatic heterocycles. The van der Waals surface area contributed by atoms with Gasteiger partial charge in [0.25, 0.3) is 5.91 Å². The van der Waals surface area contributed by atoms with Crippen LogP contribution in [-0.2, 0) is 16.6 Å². The fourth-order valence-electron chi connectivity index (χ4n) is 3.11. The predicted molar refractivity (Wildman–Crippen MR) is 132 cm³/mol. The van der Waals surface area contributed by atoms with E-state index in [1.54, 1.807) is 48.5 Å². The van der Waals surface area contributed by atoms with Gasteiger partial charge in [-0.1, -0.05) is 30.3 Å². The standard InChI is InChI=1S/C26H25N3O5S/c1-19(30)21-11-13-25(14-12-21)35(32,33)28-18-20-7-9-22(10-8-20)26(31)29-23-5-4-6-24(17-23)34-16-3-2-15-27/h4-14,17,28H,2-3,16,18H2,1H3,(H,29,31). The number of ether oxygens (including phenoxy) is 1. The van der Waals surface area contributed by atoms with Crippen LogP contribution in [0.1, 0.15) is 46.0 Å². The number of sulfonamides is 1. The maximum absolute atomic E-state index is 12.6. The van der Waals surface area contributed by atoms with Crippen LogP contribution in [0, 0.1) is 11.3 Å². The summed E-state index contributed by atoms with van der Waals surface area (Å²) in [6.07, 6.45) is 1.05. The van der Waals surface area contributed by atoms with Crippen LogP contribution in [0.2, 0.25) is 0 Å². The van der Waals surface area contributed by atoms with E-state index >= 15 is 0 Å². The smallest absolute Gasteiger partial charge is 0.255 e. The number of rotatable bonds is 11. The van der Waals surface area contributed by atoms with E-state index in [-0.39, 0.29) is 23.1 Å². The van der Waals surface area contributed by atoms with E-state index in [9.17, 15) is 18.0 Å².